The van der Waals surface area contributed by atoms with Gasteiger partial charge in [0.15, 0.2) is 0 Å². The highest BCUT2D eigenvalue weighted by Gasteiger charge is 2.32. The molecule has 2 atom stereocenters. The summed E-state index contributed by atoms with van der Waals surface area (Å²) in [4.78, 5) is 1.27. The van der Waals surface area contributed by atoms with Gasteiger partial charge in [0.25, 0.3) is 0 Å². The molecule has 1 aliphatic heterocycles. The van der Waals surface area contributed by atoms with E-state index in [1.165, 1.54) is 10.4 Å². The second-order valence-corrected chi connectivity index (χ2v) is 7.19. The third-order valence-electron chi connectivity index (χ3n) is 3.84. The highest BCUT2D eigenvalue weighted by Crippen LogP contribution is 2.38. The lowest BCUT2D eigenvalue weighted by molar-refractivity contribution is 0.180. The van der Waals surface area contributed by atoms with E-state index in [-0.39, 0.29) is 12.1 Å². The summed E-state index contributed by atoms with van der Waals surface area (Å²) >= 11 is 7.91. The van der Waals surface area contributed by atoms with E-state index in [9.17, 15) is 0 Å². The second-order valence-electron chi connectivity index (χ2n) is 5.51. The Kier molecular flexibility index (Phi) is 4.53. The highest BCUT2D eigenvalue weighted by atomic mass is 35.5. The lowest BCUT2D eigenvalue weighted by Crippen LogP contribution is -2.34. The summed E-state index contributed by atoms with van der Waals surface area (Å²) < 4.78 is 7.05. The summed E-state index contributed by atoms with van der Waals surface area (Å²) in [5, 5.41) is 3.63. The maximum atomic E-state index is 6.25. The molecule has 1 aromatic carbocycles. The van der Waals surface area contributed by atoms with E-state index in [1.54, 1.807) is 11.3 Å². The van der Waals surface area contributed by atoms with Crippen molar-refractivity contribution < 1.29 is 4.74 Å². The fourth-order valence-corrected chi connectivity index (χ4v) is 4.09. The van der Waals surface area contributed by atoms with Gasteiger partial charge in [-0.2, -0.15) is 0 Å². The molecule has 2 heterocycles. The van der Waals surface area contributed by atoms with Gasteiger partial charge in [-0.05, 0) is 43.1 Å². The van der Waals surface area contributed by atoms with Crippen LogP contribution >= 0.6 is 22.9 Å². The van der Waals surface area contributed by atoms with Crippen molar-refractivity contribution in [3.05, 3.63) is 50.7 Å². The zero-order valence-electron chi connectivity index (χ0n) is 12.4. The van der Waals surface area contributed by atoms with Crippen LogP contribution < -0.4 is 10.1 Å². The molecule has 0 aliphatic carbocycles. The fraction of sp³-hybridized carbons (Fsp3) is 0.412. The first kappa shape index (κ1) is 14.9. The van der Waals surface area contributed by atoms with Gasteiger partial charge in [0.05, 0.1) is 10.4 Å². The second kappa shape index (κ2) is 6.39. The zero-order chi connectivity index (χ0) is 14.8. The van der Waals surface area contributed by atoms with Gasteiger partial charge in [0.2, 0.25) is 0 Å². The summed E-state index contributed by atoms with van der Waals surface area (Å²) in [6, 6.07) is 10.7. The van der Waals surface area contributed by atoms with Gasteiger partial charge in [-0.25, -0.2) is 0 Å². The lowest BCUT2D eigenvalue weighted by atomic mass is 10.0. The Morgan fingerprint density at radius 3 is 2.90 bits per heavy atom. The summed E-state index contributed by atoms with van der Waals surface area (Å²) in [5.74, 6) is 1.02. The van der Waals surface area contributed by atoms with Crippen molar-refractivity contribution >= 4 is 22.9 Å². The van der Waals surface area contributed by atoms with E-state index in [2.05, 4.69) is 43.4 Å². The molecule has 0 radical (unpaired) electrons. The van der Waals surface area contributed by atoms with Gasteiger partial charge in [0.1, 0.15) is 11.9 Å². The number of fused-ring (bicyclic) bond motifs is 1. The van der Waals surface area contributed by atoms with Crippen LogP contribution in [-0.4, -0.2) is 12.6 Å². The van der Waals surface area contributed by atoms with Crippen LogP contribution in [0.2, 0.25) is 4.34 Å². The van der Waals surface area contributed by atoms with Crippen molar-refractivity contribution in [3.63, 3.8) is 0 Å². The summed E-state index contributed by atoms with van der Waals surface area (Å²) in [6.45, 7) is 5.22. The number of hydrogen-bond acceptors (Lipinski definition) is 3. The van der Waals surface area contributed by atoms with E-state index < -0.39 is 0 Å². The fourth-order valence-electron chi connectivity index (χ4n) is 2.75. The number of hydrogen-bond donors (Lipinski definition) is 1. The van der Waals surface area contributed by atoms with E-state index in [1.807, 2.05) is 6.07 Å². The Morgan fingerprint density at radius 1 is 1.43 bits per heavy atom. The lowest BCUT2D eigenvalue weighted by Gasteiger charge is -2.23. The highest BCUT2D eigenvalue weighted by molar-refractivity contribution is 7.16. The normalized spacial score (nSPS) is 18.3. The molecule has 1 aromatic heterocycles. The molecular weight excluding hydrogens is 302 g/mol. The van der Waals surface area contributed by atoms with Gasteiger partial charge >= 0.3 is 0 Å². The van der Waals surface area contributed by atoms with Crippen molar-refractivity contribution in [2.45, 2.75) is 38.8 Å². The van der Waals surface area contributed by atoms with Crippen molar-refractivity contribution in [1.82, 2.24) is 5.32 Å². The number of halogens is 1. The van der Waals surface area contributed by atoms with Gasteiger partial charge < -0.3 is 10.1 Å². The van der Waals surface area contributed by atoms with Crippen LogP contribution in [0.4, 0.5) is 0 Å². The van der Waals surface area contributed by atoms with Crippen LogP contribution in [0.5, 0.6) is 5.75 Å². The number of ether oxygens (including phenoxy) is 1. The largest absolute Gasteiger partial charge is 0.488 e. The molecule has 0 saturated heterocycles. The Labute approximate surface area is 135 Å². The maximum Gasteiger partial charge on any atom is 0.123 e. The van der Waals surface area contributed by atoms with Crippen LogP contribution in [0.25, 0.3) is 0 Å². The summed E-state index contributed by atoms with van der Waals surface area (Å²) in [6.07, 6.45) is 2.20. The molecule has 1 N–H and O–H groups in total. The molecule has 3 rings (SSSR count). The predicted octanol–water partition coefficient (Wildman–Crippen LogP) is 4.75. The summed E-state index contributed by atoms with van der Waals surface area (Å²) in [7, 11) is 0. The minimum absolute atomic E-state index is 0.142. The molecule has 4 heteroatoms. The molecule has 112 valence electrons. The molecule has 0 spiro atoms. The van der Waals surface area contributed by atoms with Crippen LogP contribution in [-0.2, 0) is 6.42 Å². The molecule has 0 fully saturated rings. The number of nitrogens with one attached hydrogen (secondary N) is 1. The standard InChI is InChI=1S/C17H20ClNOS/c1-3-8-19-16(15-9-11(2)17(18)21-15)14-10-12-6-4-5-7-13(12)20-14/h4-7,9,14,16,19H,3,8,10H2,1-2H3. The van der Waals surface area contributed by atoms with Crippen molar-refractivity contribution in [1.29, 1.82) is 0 Å². The third kappa shape index (κ3) is 3.10. The first-order valence-electron chi connectivity index (χ1n) is 7.42. The maximum absolute atomic E-state index is 6.25. The molecule has 2 unspecified atom stereocenters. The number of aryl methyl sites for hydroxylation is 1. The van der Waals surface area contributed by atoms with E-state index >= 15 is 0 Å². The van der Waals surface area contributed by atoms with E-state index in [0.717, 1.165) is 35.0 Å². The Balaban J connectivity index is 1.84. The van der Waals surface area contributed by atoms with Gasteiger partial charge in [-0.15, -0.1) is 11.3 Å². The SMILES string of the molecule is CCCNC(c1cc(C)c(Cl)s1)C1Cc2ccccc2O1. The minimum Gasteiger partial charge on any atom is -0.488 e. The van der Waals surface area contributed by atoms with Crippen molar-refractivity contribution in [3.8, 4) is 5.75 Å². The zero-order valence-corrected chi connectivity index (χ0v) is 13.9. The third-order valence-corrected chi connectivity index (χ3v) is 5.48. The van der Waals surface area contributed by atoms with Gasteiger partial charge in [0, 0.05) is 11.3 Å². The minimum atomic E-state index is 0.142. The first-order valence-corrected chi connectivity index (χ1v) is 8.62. The number of para-hydroxylation sites is 1. The first-order chi connectivity index (χ1) is 10.2. The molecule has 1 aliphatic rings. The molecule has 0 bridgehead atoms. The van der Waals surface area contributed by atoms with Gasteiger partial charge in [-0.1, -0.05) is 36.7 Å². The summed E-state index contributed by atoms with van der Waals surface area (Å²) in [5.41, 5.74) is 2.45. The molecule has 21 heavy (non-hydrogen) atoms. The van der Waals surface area contributed by atoms with Crippen LogP contribution in [0.3, 0.4) is 0 Å². The Morgan fingerprint density at radius 2 is 2.24 bits per heavy atom. The quantitative estimate of drug-likeness (QED) is 0.857. The Hall–Kier alpha value is -1.03. The molecule has 2 nitrogen and oxygen atoms in total. The topological polar surface area (TPSA) is 21.3 Å². The van der Waals surface area contributed by atoms with Crippen LogP contribution in [0.15, 0.2) is 30.3 Å². The van der Waals surface area contributed by atoms with E-state index in [4.69, 9.17) is 16.3 Å². The van der Waals surface area contributed by atoms with Gasteiger partial charge in [-0.3, -0.25) is 0 Å². The number of rotatable bonds is 5. The monoisotopic (exact) mass is 321 g/mol. The predicted molar refractivity (Wildman–Crippen MR) is 89.7 cm³/mol. The number of thiophene rings is 1. The molecular formula is C17H20ClNOS. The van der Waals surface area contributed by atoms with Crippen LogP contribution in [0.1, 0.15) is 35.4 Å². The molecule has 0 amide bonds. The Bertz CT molecular complexity index is 581. The number of benzene rings is 1. The molecule has 0 saturated carbocycles. The van der Waals surface area contributed by atoms with Crippen molar-refractivity contribution in [2.75, 3.05) is 6.54 Å². The van der Waals surface area contributed by atoms with Crippen LogP contribution in [0, 0.1) is 6.92 Å². The smallest absolute Gasteiger partial charge is 0.123 e. The average Bonchev–Trinajstić information content (AvgIpc) is 3.04. The molecule has 2 aromatic rings. The van der Waals surface area contributed by atoms with E-state index in [0.29, 0.717) is 0 Å². The average molecular weight is 322 g/mol. The van der Waals surface area contributed by atoms with Crippen molar-refractivity contribution in [2.24, 2.45) is 0 Å².